The van der Waals surface area contributed by atoms with Gasteiger partial charge in [-0.05, 0) is 11.6 Å². The van der Waals surface area contributed by atoms with Gasteiger partial charge in [0.25, 0.3) is 0 Å². The molecule has 0 aliphatic rings. The summed E-state index contributed by atoms with van der Waals surface area (Å²) in [5, 5.41) is 3.77. The van der Waals surface area contributed by atoms with Crippen molar-refractivity contribution in [2.24, 2.45) is 0 Å². The Hall–Kier alpha value is 0.140. The van der Waals surface area contributed by atoms with E-state index in [-0.39, 0.29) is 5.22 Å². The molecular weight excluding hydrogens is 286 g/mol. The minimum atomic E-state index is 0.133. The maximum Gasteiger partial charge on any atom is 0.212 e. The molecule has 2 aromatic heterocycles. The second-order valence-corrected chi connectivity index (χ2v) is 4.95. The highest BCUT2D eigenvalue weighted by molar-refractivity contribution is 7.15. The Morgan fingerprint density at radius 1 is 1.21 bits per heavy atom. The molecule has 2 rings (SSSR count). The Kier molecular flexibility index (Phi) is 3.01. The van der Waals surface area contributed by atoms with Gasteiger partial charge in [-0.2, -0.15) is 0 Å². The van der Waals surface area contributed by atoms with E-state index in [0.717, 1.165) is 0 Å². The zero-order valence-electron chi connectivity index (χ0n) is 6.41. The molecule has 0 aliphatic carbocycles. The van der Waals surface area contributed by atoms with Crippen LogP contribution in [0, 0.1) is 5.38 Å². The van der Waals surface area contributed by atoms with E-state index < -0.39 is 0 Å². The highest BCUT2D eigenvalue weighted by Gasteiger charge is 2.15. The Morgan fingerprint density at radius 2 is 1.93 bits per heavy atom. The number of halogens is 4. The molecule has 0 saturated carbocycles. The first-order valence-electron chi connectivity index (χ1n) is 3.40. The largest absolute Gasteiger partial charge is 0.443 e. The van der Waals surface area contributed by atoms with Gasteiger partial charge in [0, 0.05) is 6.07 Å². The molecule has 14 heavy (non-hydrogen) atoms. The lowest BCUT2D eigenvalue weighted by Gasteiger charge is -1.90. The SMILES string of the molecule is Clc1cc(-c2[c]sc(Cl)c2Cl)oc1Cl. The maximum atomic E-state index is 5.91. The highest BCUT2D eigenvalue weighted by atomic mass is 35.5. The standard InChI is InChI=1S/C8HCl4OS/c9-4-1-5(13-7(4)11)3-2-14-8(12)6(3)10/h1H. The molecule has 0 aromatic carbocycles. The monoisotopic (exact) mass is 285 g/mol. The van der Waals surface area contributed by atoms with Gasteiger partial charge in [0.15, 0.2) is 0 Å². The number of rotatable bonds is 1. The average Bonchev–Trinajstić information content (AvgIpc) is 2.61. The van der Waals surface area contributed by atoms with Crippen molar-refractivity contribution < 1.29 is 4.42 Å². The number of hydrogen-bond acceptors (Lipinski definition) is 2. The van der Waals surface area contributed by atoms with E-state index >= 15 is 0 Å². The predicted octanol–water partition coefficient (Wildman–Crippen LogP) is 5.42. The maximum absolute atomic E-state index is 5.91. The zero-order chi connectivity index (χ0) is 10.3. The van der Waals surface area contributed by atoms with Crippen LogP contribution in [0.25, 0.3) is 11.3 Å². The molecule has 1 nitrogen and oxygen atoms in total. The summed E-state index contributed by atoms with van der Waals surface area (Å²) >= 11 is 24.3. The molecule has 73 valence electrons. The van der Waals surface area contributed by atoms with Crippen LogP contribution >= 0.6 is 57.7 Å². The van der Waals surface area contributed by atoms with Gasteiger partial charge in [-0.1, -0.05) is 34.8 Å². The van der Waals surface area contributed by atoms with E-state index in [1.54, 1.807) is 6.07 Å². The van der Waals surface area contributed by atoms with Crippen LogP contribution in [0.3, 0.4) is 0 Å². The smallest absolute Gasteiger partial charge is 0.212 e. The van der Waals surface area contributed by atoms with Crippen molar-refractivity contribution in [1.29, 1.82) is 0 Å². The fourth-order valence-corrected chi connectivity index (χ4v) is 2.30. The summed E-state index contributed by atoms with van der Waals surface area (Å²) < 4.78 is 5.62. The number of thiophene rings is 1. The molecule has 0 N–H and O–H groups in total. The molecule has 2 heterocycles. The molecule has 1 radical (unpaired) electrons. The molecule has 0 fully saturated rings. The fourth-order valence-electron chi connectivity index (χ4n) is 0.912. The third-order valence-corrected chi connectivity index (χ3v) is 3.88. The Balaban J connectivity index is 2.54. The minimum absolute atomic E-state index is 0.133. The minimum Gasteiger partial charge on any atom is -0.443 e. The van der Waals surface area contributed by atoms with Crippen LogP contribution in [0.2, 0.25) is 19.6 Å². The van der Waals surface area contributed by atoms with Crippen molar-refractivity contribution in [2.75, 3.05) is 0 Å². The molecule has 6 heteroatoms. The first-order chi connectivity index (χ1) is 6.59. The van der Waals surface area contributed by atoms with Crippen molar-refractivity contribution in [3.8, 4) is 11.3 Å². The summed E-state index contributed by atoms with van der Waals surface area (Å²) in [4.78, 5) is 0. The van der Waals surface area contributed by atoms with E-state index in [2.05, 4.69) is 5.38 Å². The van der Waals surface area contributed by atoms with Crippen molar-refractivity contribution >= 4 is 57.7 Å². The molecule has 0 atom stereocenters. The topological polar surface area (TPSA) is 13.1 Å². The predicted molar refractivity (Wildman–Crippen MR) is 60.9 cm³/mol. The molecule has 0 saturated heterocycles. The van der Waals surface area contributed by atoms with Crippen LogP contribution in [0.15, 0.2) is 10.5 Å². The van der Waals surface area contributed by atoms with Crippen molar-refractivity contribution in [2.45, 2.75) is 0 Å². The summed E-state index contributed by atoms with van der Waals surface area (Å²) in [6.45, 7) is 0. The Morgan fingerprint density at radius 3 is 2.36 bits per heavy atom. The number of hydrogen-bond donors (Lipinski definition) is 0. The van der Waals surface area contributed by atoms with E-state index in [0.29, 0.717) is 25.7 Å². The van der Waals surface area contributed by atoms with Crippen LogP contribution in [0.1, 0.15) is 0 Å². The van der Waals surface area contributed by atoms with Gasteiger partial charge >= 0.3 is 0 Å². The van der Waals surface area contributed by atoms with E-state index in [4.69, 9.17) is 50.8 Å². The van der Waals surface area contributed by atoms with Crippen LogP contribution in [-0.2, 0) is 0 Å². The van der Waals surface area contributed by atoms with Gasteiger partial charge in [-0.3, -0.25) is 0 Å². The van der Waals surface area contributed by atoms with E-state index in [1.165, 1.54) is 11.3 Å². The first kappa shape index (κ1) is 10.7. The summed E-state index contributed by atoms with van der Waals surface area (Å²) in [7, 11) is 0. The lowest BCUT2D eigenvalue weighted by atomic mass is 10.3. The van der Waals surface area contributed by atoms with Gasteiger partial charge < -0.3 is 4.42 Å². The average molecular weight is 287 g/mol. The second kappa shape index (κ2) is 3.95. The normalized spacial score (nSPS) is 10.9. The number of furan rings is 1. The third-order valence-electron chi connectivity index (χ3n) is 1.53. The van der Waals surface area contributed by atoms with Gasteiger partial charge in [0.1, 0.15) is 10.1 Å². The molecule has 2 aromatic rings. The van der Waals surface area contributed by atoms with Crippen LogP contribution < -0.4 is 0 Å². The van der Waals surface area contributed by atoms with E-state index in [1.807, 2.05) is 0 Å². The first-order valence-corrected chi connectivity index (χ1v) is 5.73. The van der Waals surface area contributed by atoms with Gasteiger partial charge in [0.2, 0.25) is 5.22 Å². The quantitative estimate of drug-likeness (QED) is 0.682. The van der Waals surface area contributed by atoms with E-state index in [9.17, 15) is 0 Å². The summed E-state index contributed by atoms with van der Waals surface area (Å²) in [5.74, 6) is 0.466. The molecule has 0 amide bonds. The second-order valence-electron chi connectivity index (χ2n) is 2.40. The molecule has 0 unspecified atom stereocenters. The fraction of sp³-hybridized carbons (Fsp3) is 0. The lowest BCUT2D eigenvalue weighted by molar-refractivity contribution is 0.585. The highest BCUT2D eigenvalue weighted by Crippen LogP contribution is 2.41. The van der Waals surface area contributed by atoms with Gasteiger partial charge in [-0.15, -0.1) is 11.3 Å². The Labute approximate surface area is 104 Å². The lowest BCUT2D eigenvalue weighted by Crippen LogP contribution is -1.67. The van der Waals surface area contributed by atoms with Crippen LogP contribution in [0.5, 0.6) is 0 Å². The summed E-state index contributed by atoms with van der Waals surface area (Å²) in [5.41, 5.74) is 0.579. The van der Waals surface area contributed by atoms with Crippen molar-refractivity contribution in [3.05, 3.63) is 31.0 Å². The third kappa shape index (κ3) is 1.77. The van der Waals surface area contributed by atoms with Gasteiger partial charge in [-0.25, -0.2) is 0 Å². The summed E-state index contributed by atoms with van der Waals surface area (Å²) in [6.07, 6.45) is 0. The summed E-state index contributed by atoms with van der Waals surface area (Å²) in [6, 6.07) is 1.57. The van der Waals surface area contributed by atoms with Crippen molar-refractivity contribution in [1.82, 2.24) is 0 Å². The van der Waals surface area contributed by atoms with Crippen LogP contribution in [-0.4, -0.2) is 0 Å². The molecule has 0 spiro atoms. The Bertz CT molecular complexity index is 454. The zero-order valence-corrected chi connectivity index (χ0v) is 10.2. The molecule has 0 aliphatic heterocycles. The molecule has 0 bridgehead atoms. The van der Waals surface area contributed by atoms with Crippen LogP contribution in [0.4, 0.5) is 0 Å². The van der Waals surface area contributed by atoms with Gasteiger partial charge in [0.05, 0.1) is 21.0 Å². The van der Waals surface area contributed by atoms with Crippen molar-refractivity contribution in [3.63, 3.8) is 0 Å². The molecular formula is C8HCl4OS.